The molecule has 10 heteroatoms. The minimum Gasteiger partial charge on any atom is -0.490 e. The Bertz CT molecular complexity index is 1070. The first-order valence-corrected chi connectivity index (χ1v) is 10.8. The summed E-state index contributed by atoms with van der Waals surface area (Å²) in [6.45, 7) is 5.98. The lowest BCUT2D eigenvalue weighted by Crippen LogP contribution is -2.40. The molecule has 3 rings (SSSR count). The van der Waals surface area contributed by atoms with E-state index in [1.807, 2.05) is 6.92 Å². The number of benzene rings is 2. The molecular formula is C20H23N3O6S. The molecular weight excluding hydrogens is 410 g/mol. The number of carbonyl (C=O) groups excluding carboxylic acids is 2. The molecule has 0 spiro atoms. The van der Waals surface area contributed by atoms with Gasteiger partial charge in [-0.15, -0.1) is 0 Å². The molecule has 1 aliphatic rings. The van der Waals surface area contributed by atoms with E-state index in [9.17, 15) is 18.0 Å². The van der Waals surface area contributed by atoms with E-state index < -0.39 is 27.5 Å². The lowest BCUT2D eigenvalue weighted by atomic mass is 9.92. The zero-order valence-corrected chi connectivity index (χ0v) is 17.6. The highest BCUT2D eigenvalue weighted by Crippen LogP contribution is 2.31. The van der Waals surface area contributed by atoms with Crippen molar-refractivity contribution in [3.8, 4) is 11.5 Å². The van der Waals surface area contributed by atoms with E-state index in [1.54, 1.807) is 32.0 Å². The van der Waals surface area contributed by atoms with Crippen LogP contribution in [0.5, 0.6) is 11.5 Å². The van der Waals surface area contributed by atoms with Crippen LogP contribution in [-0.2, 0) is 20.4 Å². The standard InChI is InChI=1S/C20H23N3O6S/c1-4-28-16-11-10-15(12-17(16)29-5-2)30(26,27)23-14-8-6-13(7-9-14)20(3)18(24)21-19(25)22-20/h6-12,23H,4-5H2,1-3H3,(H2,21,22,24,25). The van der Waals surface area contributed by atoms with E-state index in [-0.39, 0.29) is 4.90 Å². The Morgan fingerprint density at radius 3 is 2.17 bits per heavy atom. The number of nitrogens with one attached hydrogen (secondary N) is 3. The third-order valence-electron chi connectivity index (χ3n) is 4.58. The number of amides is 3. The summed E-state index contributed by atoms with van der Waals surface area (Å²) in [5, 5.41) is 4.75. The minimum atomic E-state index is -3.89. The van der Waals surface area contributed by atoms with Crippen molar-refractivity contribution in [3.05, 3.63) is 48.0 Å². The van der Waals surface area contributed by atoms with Gasteiger partial charge in [0.15, 0.2) is 11.5 Å². The summed E-state index contributed by atoms with van der Waals surface area (Å²) < 4.78 is 39.0. The molecule has 1 aliphatic heterocycles. The van der Waals surface area contributed by atoms with Crippen molar-refractivity contribution < 1.29 is 27.5 Å². The summed E-state index contributed by atoms with van der Waals surface area (Å²) in [5.41, 5.74) is -0.386. The summed E-state index contributed by atoms with van der Waals surface area (Å²) in [5.74, 6) is 0.333. The van der Waals surface area contributed by atoms with Crippen LogP contribution in [-0.4, -0.2) is 33.6 Å². The first-order chi connectivity index (χ1) is 14.2. The number of ether oxygens (including phenoxy) is 2. The van der Waals surface area contributed by atoms with E-state index >= 15 is 0 Å². The quantitative estimate of drug-likeness (QED) is 0.549. The van der Waals surface area contributed by atoms with Crippen LogP contribution >= 0.6 is 0 Å². The third-order valence-corrected chi connectivity index (χ3v) is 5.96. The highest BCUT2D eigenvalue weighted by molar-refractivity contribution is 7.92. The molecule has 1 unspecified atom stereocenters. The van der Waals surface area contributed by atoms with Gasteiger partial charge in [0.05, 0.1) is 18.1 Å². The molecule has 1 fully saturated rings. The summed E-state index contributed by atoms with van der Waals surface area (Å²) in [6, 6.07) is 10.0. The van der Waals surface area contributed by atoms with Gasteiger partial charge in [0.1, 0.15) is 5.54 Å². The van der Waals surface area contributed by atoms with Crippen molar-refractivity contribution >= 4 is 27.6 Å². The maximum atomic E-state index is 12.8. The van der Waals surface area contributed by atoms with Gasteiger partial charge in [0.2, 0.25) is 0 Å². The zero-order valence-electron chi connectivity index (χ0n) is 16.8. The summed E-state index contributed by atoms with van der Waals surface area (Å²) in [7, 11) is -3.89. The molecule has 3 N–H and O–H groups in total. The van der Waals surface area contributed by atoms with Crippen molar-refractivity contribution in [3.63, 3.8) is 0 Å². The maximum absolute atomic E-state index is 12.8. The molecule has 0 radical (unpaired) electrons. The Hall–Kier alpha value is -3.27. The van der Waals surface area contributed by atoms with E-state index in [0.717, 1.165) is 0 Å². The lowest BCUT2D eigenvalue weighted by Gasteiger charge is -2.21. The SMILES string of the molecule is CCOc1ccc(S(=O)(=O)Nc2ccc(C3(C)NC(=O)NC3=O)cc2)cc1OCC. The Morgan fingerprint density at radius 1 is 0.967 bits per heavy atom. The van der Waals surface area contributed by atoms with Crippen LogP contribution in [0.3, 0.4) is 0 Å². The van der Waals surface area contributed by atoms with E-state index in [2.05, 4.69) is 15.4 Å². The van der Waals surface area contributed by atoms with Crippen LogP contribution in [0.25, 0.3) is 0 Å². The van der Waals surface area contributed by atoms with Gasteiger partial charge in [-0.1, -0.05) is 12.1 Å². The Kier molecular flexibility index (Phi) is 5.88. The van der Waals surface area contributed by atoms with Crippen molar-refractivity contribution in [2.75, 3.05) is 17.9 Å². The molecule has 0 aliphatic carbocycles. The van der Waals surface area contributed by atoms with Gasteiger partial charge in [-0.2, -0.15) is 0 Å². The molecule has 0 saturated carbocycles. The lowest BCUT2D eigenvalue weighted by molar-refractivity contribution is -0.123. The molecule has 160 valence electrons. The van der Waals surface area contributed by atoms with Crippen molar-refractivity contribution in [1.82, 2.24) is 10.6 Å². The van der Waals surface area contributed by atoms with E-state index in [0.29, 0.717) is 36.0 Å². The normalized spacial score (nSPS) is 18.5. The summed E-state index contributed by atoms with van der Waals surface area (Å²) in [4.78, 5) is 23.5. The average Bonchev–Trinajstić information content (AvgIpc) is 2.96. The molecule has 9 nitrogen and oxygen atoms in total. The van der Waals surface area contributed by atoms with Gasteiger partial charge in [-0.3, -0.25) is 14.8 Å². The smallest absolute Gasteiger partial charge is 0.322 e. The molecule has 0 bridgehead atoms. The number of imide groups is 1. The number of anilines is 1. The second-order valence-corrected chi connectivity index (χ2v) is 8.37. The highest BCUT2D eigenvalue weighted by atomic mass is 32.2. The van der Waals surface area contributed by atoms with E-state index in [1.165, 1.54) is 24.3 Å². The van der Waals surface area contributed by atoms with Crippen LogP contribution in [0.4, 0.5) is 10.5 Å². The van der Waals surface area contributed by atoms with Crippen LogP contribution in [0, 0.1) is 0 Å². The summed E-state index contributed by atoms with van der Waals surface area (Å²) >= 11 is 0. The molecule has 0 aromatic heterocycles. The van der Waals surface area contributed by atoms with Gasteiger partial charge >= 0.3 is 6.03 Å². The first-order valence-electron chi connectivity index (χ1n) is 9.36. The number of urea groups is 1. The van der Waals surface area contributed by atoms with Crippen molar-refractivity contribution in [2.45, 2.75) is 31.2 Å². The predicted molar refractivity (Wildman–Crippen MR) is 110 cm³/mol. The molecule has 2 aromatic carbocycles. The maximum Gasteiger partial charge on any atom is 0.322 e. The van der Waals surface area contributed by atoms with Crippen LogP contribution in [0.15, 0.2) is 47.4 Å². The number of hydrogen-bond acceptors (Lipinski definition) is 6. The molecule has 1 atom stereocenters. The molecule has 3 amide bonds. The third kappa shape index (κ3) is 4.18. The van der Waals surface area contributed by atoms with Gasteiger partial charge < -0.3 is 14.8 Å². The highest BCUT2D eigenvalue weighted by Gasteiger charge is 2.43. The van der Waals surface area contributed by atoms with Crippen molar-refractivity contribution in [2.24, 2.45) is 0 Å². The molecule has 1 saturated heterocycles. The predicted octanol–water partition coefficient (Wildman–Crippen LogP) is 2.34. The monoisotopic (exact) mass is 433 g/mol. The van der Waals surface area contributed by atoms with Crippen LogP contribution < -0.4 is 24.8 Å². The van der Waals surface area contributed by atoms with E-state index in [4.69, 9.17) is 9.47 Å². The molecule has 2 aromatic rings. The average molecular weight is 433 g/mol. The number of hydrogen-bond donors (Lipinski definition) is 3. The van der Waals surface area contributed by atoms with Gasteiger partial charge in [-0.25, -0.2) is 13.2 Å². The minimum absolute atomic E-state index is 0.0212. The van der Waals surface area contributed by atoms with Gasteiger partial charge in [0.25, 0.3) is 15.9 Å². The Balaban J connectivity index is 1.83. The van der Waals surface area contributed by atoms with Crippen LogP contribution in [0.1, 0.15) is 26.3 Å². The fraction of sp³-hybridized carbons (Fsp3) is 0.300. The topological polar surface area (TPSA) is 123 Å². The number of sulfonamides is 1. The Labute approximate surface area is 174 Å². The second-order valence-electron chi connectivity index (χ2n) is 6.69. The number of rotatable bonds is 8. The Morgan fingerprint density at radius 2 is 1.60 bits per heavy atom. The van der Waals surface area contributed by atoms with Crippen LogP contribution in [0.2, 0.25) is 0 Å². The fourth-order valence-electron chi connectivity index (χ4n) is 3.03. The fourth-order valence-corrected chi connectivity index (χ4v) is 4.10. The van der Waals surface area contributed by atoms with Gasteiger partial charge in [-0.05, 0) is 50.6 Å². The zero-order chi connectivity index (χ0) is 21.9. The van der Waals surface area contributed by atoms with Gasteiger partial charge in [0, 0.05) is 11.8 Å². The first kappa shape index (κ1) is 21.4. The summed E-state index contributed by atoms with van der Waals surface area (Å²) in [6.07, 6.45) is 0. The molecule has 30 heavy (non-hydrogen) atoms. The number of carbonyl (C=O) groups is 2. The van der Waals surface area contributed by atoms with Crippen molar-refractivity contribution in [1.29, 1.82) is 0 Å². The second kappa shape index (κ2) is 8.23. The molecule has 1 heterocycles. The largest absolute Gasteiger partial charge is 0.490 e.